The van der Waals surface area contributed by atoms with E-state index >= 15 is 0 Å². The van der Waals surface area contributed by atoms with Crippen LogP contribution < -0.4 is 0 Å². The minimum Gasteiger partial charge on any atom is -0.379 e. The van der Waals surface area contributed by atoms with E-state index in [9.17, 15) is 4.79 Å². The molecular formula is C19H32N2O2. The Morgan fingerprint density at radius 3 is 2.52 bits per heavy atom. The maximum atomic E-state index is 12.9. The molecule has 4 nitrogen and oxygen atoms in total. The largest absolute Gasteiger partial charge is 0.379 e. The average Bonchev–Trinajstić information content (AvgIpc) is 3.31. The lowest BCUT2D eigenvalue weighted by Crippen LogP contribution is -2.47. The van der Waals surface area contributed by atoms with Gasteiger partial charge >= 0.3 is 0 Å². The molecular weight excluding hydrogens is 288 g/mol. The van der Waals surface area contributed by atoms with Crippen molar-refractivity contribution in [3.63, 3.8) is 0 Å². The molecule has 4 fully saturated rings. The Kier molecular flexibility index (Phi) is 4.64. The fourth-order valence-corrected chi connectivity index (χ4v) is 5.33. The molecule has 0 spiro atoms. The van der Waals surface area contributed by atoms with Crippen LogP contribution in [0, 0.1) is 23.7 Å². The Bertz CT molecular complexity index is 429. The molecule has 4 heteroatoms. The summed E-state index contributed by atoms with van der Waals surface area (Å²) >= 11 is 0. The zero-order valence-electron chi connectivity index (χ0n) is 14.6. The zero-order valence-corrected chi connectivity index (χ0v) is 14.6. The van der Waals surface area contributed by atoms with E-state index in [0.717, 1.165) is 51.2 Å². The molecule has 2 aliphatic heterocycles. The topological polar surface area (TPSA) is 32.8 Å². The molecule has 2 heterocycles. The summed E-state index contributed by atoms with van der Waals surface area (Å²) in [6.45, 7) is 8.00. The van der Waals surface area contributed by atoms with Crippen molar-refractivity contribution in [2.75, 3.05) is 39.4 Å². The molecule has 1 amide bonds. The Hall–Kier alpha value is -0.610. The normalized spacial score (nSPS) is 39.6. The van der Waals surface area contributed by atoms with Gasteiger partial charge in [0.15, 0.2) is 0 Å². The van der Waals surface area contributed by atoms with Crippen LogP contribution in [0.25, 0.3) is 0 Å². The van der Waals surface area contributed by atoms with Crippen molar-refractivity contribution in [3.05, 3.63) is 0 Å². The second-order valence-corrected chi connectivity index (χ2v) is 8.34. The number of nitrogens with zero attached hydrogens (tertiary/aromatic N) is 2. The van der Waals surface area contributed by atoms with Crippen LogP contribution >= 0.6 is 0 Å². The van der Waals surface area contributed by atoms with E-state index in [0.29, 0.717) is 23.8 Å². The molecule has 23 heavy (non-hydrogen) atoms. The Morgan fingerprint density at radius 2 is 1.78 bits per heavy atom. The van der Waals surface area contributed by atoms with Crippen LogP contribution in [0.4, 0.5) is 0 Å². The summed E-state index contributed by atoms with van der Waals surface area (Å²) in [7, 11) is 0. The molecule has 2 aliphatic carbocycles. The highest BCUT2D eigenvalue weighted by Gasteiger charge is 2.50. The number of hydrogen-bond acceptors (Lipinski definition) is 3. The van der Waals surface area contributed by atoms with Gasteiger partial charge in [0, 0.05) is 38.1 Å². The van der Waals surface area contributed by atoms with E-state index in [4.69, 9.17) is 4.74 Å². The summed E-state index contributed by atoms with van der Waals surface area (Å²) in [5.41, 5.74) is 0. The van der Waals surface area contributed by atoms with Gasteiger partial charge in [-0.2, -0.15) is 0 Å². The van der Waals surface area contributed by atoms with Crippen LogP contribution in [-0.2, 0) is 9.53 Å². The van der Waals surface area contributed by atoms with E-state index < -0.39 is 0 Å². The highest BCUT2D eigenvalue weighted by Crippen LogP contribution is 2.50. The Morgan fingerprint density at radius 1 is 1.04 bits per heavy atom. The van der Waals surface area contributed by atoms with Gasteiger partial charge in [-0.3, -0.25) is 9.69 Å². The molecule has 2 saturated heterocycles. The first-order valence-electron chi connectivity index (χ1n) is 9.84. The van der Waals surface area contributed by atoms with E-state index in [1.165, 1.54) is 38.5 Å². The first-order valence-corrected chi connectivity index (χ1v) is 9.84. The van der Waals surface area contributed by atoms with E-state index in [1.54, 1.807) is 0 Å². The maximum absolute atomic E-state index is 12.9. The lowest BCUT2D eigenvalue weighted by Gasteiger charge is -2.34. The molecule has 4 aliphatic rings. The van der Waals surface area contributed by atoms with Gasteiger partial charge in [0.1, 0.15) is 0 Å². The molecule has 130 valence electrons. The standard InChI is InChI=1S/C19H32N2O2/c1-14-12-21(13-18(14)20-7-9-23-10-8-20)19(22)17-11-16(17)15-5-3-2-4-6-15/h14-18H,2-13H2,1H3/t14-,16-,17-,18-/m1/s1. The van der Waals surface area contributed by atoms with Gasteiger partial charge in [0.25, 0.3) is 0 Å². The minimum absolute atomic E-state index is 0.369. The molecule has 2 saturated carbocycles. The van der Waals surface area contributed by atoms with Crippen LogP contribution in [-0.4, -0.2) is 61.1 Å². The van der Waals surface area contributed by atoms with Crippen LogP contribution in [0.5, 0.6) is 0 Å². The fraction of sp³-hybridized carbons (Fsp3) is 0.947. The van der Waals surface area contributed by atoms with Crippen LogP contribution in [0.2, 0.25) is 0 Å². The first-order chi connectivity index (χ1) is 11.2. The number of hydrogen-bond donors (Lipinski definition) is 0. The summed E-state index contributed by atoms with van der Waals surface area (Å²) in [6, 6.07) is 0.551. The Labute approximate surface area is 140 Å². The third-order valence-corrected chi connectivity index (χ3v) is 6.81. The molecule has 0 aromatic heterocycles. The smallest absolute Gasteiger partial charge is 0.226 e. The summed E-state index contributed by atoms with van der Waals surface area (Å²) in [4.78, 5) is 17.7. The quantitative estimate of drug-likeness (QED) is 0.800. The molecule has 4 rings (SSSR count). The monoisotopic (exact) mass is 320 g/mol. The molecule has 0 aromatic rings. The highest BCUT2D eigenvalue weighted by atomic mass is 16.5. The van der Waals surface area contributed by atoms with Crippen LogP contribution in [0.3, 0.4) is 0 Å². The third-order valence-electron chi connectivity index (χ3n) is 6.81. The zero-order chi connectivity index (χ0) is 15.8. The second kappa shape index (κ2) is 6.72. The van der Waals surface area contributed by atoms with Crippen molar-refractivity contribution in [2.24, 2.45) is 23.7 Å². The lowest BCUT2D eigenvalue weighted by molar-refractivity contribution is -0.132. The van der Waals surface area contributed by atoms with E-state index in [-0.39, 0.29) is 0 Å². The fourth-order valence-electron chi connectivity index (χ4n) is 5.33. The molecule has 0 unspecified atom stereocenters. The summed E-state index contributed by atoms with van der Waals surface area (Å²) in [5.74, 6) is 3.02. The van der Waals surface area contributed by atoms with Crippen molar-refractivity contribution >= 4 is 5.91 Å². The minimum atomic E-state index is 0.369. The van der Waals surface area contributed by atoms with Crippen LogP contribution in [0.1, 0.15) is 45.4 Å². The van der Waals surface area contributed by atoms with Crippen molar-refractivity contribution < 1.29 is 9.53 Å². The van der Waals surface area contributed by atoms with Gasteiger partial charge < -0.3 is 9.64 Å². The summed E-state index contributed by atoms with van der Waals surface area (Å²) in [6.07, 6.45) is 8.12. The molecule has 0 radical (unpaired) electrons. The maximum Gasteiger partial charge on any atom is 0.226 e. The Balaban J connectivity index is 1.31. The number of morpholine rings is 1. The molecule has 0 aromatic carbocycles. The SMILES string of the molecule is C[C@@H]1CN(C(=O)[C@@H]2C[C@@H]2C2CCCCC2)C[C@H]1N1CCOCC1. The van der Waals surface area contributed by atoms with Crippen molar-refractivity contribution in [1.82, 2.24) is 9.80 Å². The predicted octanol–water partition coefficient (Wildman–Crippen LogP) is 2.38. The number of rotatable bonds is 3. The van der Waals surface area contributed by atoms with Crippen molar-refractivity contribution in [3.8, 4) is 0 Å². The number of carbonyl (C=O) groups is 1. The van der Waals surface area contributed by atoms with Crippen molar-refractivity contribution in [1.29, 1.82) is 0 Å². The van der Waals surface area contributed by atoms with Gasteiger partial charge in [-0.15, -0.1) is 0 Å². The second-order valence-electron chi connectivity index (χ2n) is 8.34. The van der Waals surface area contributed by atoms with E-state index in [2.05, 4.69) is 16.7 Å². The van der Waals surface area contributed by atoms with Gasteiger partial charge in [-0.25, -0.2) is 0 Å². The number of carbonyl (C=O) groups excluding carboxylic acids is 1. The van der Waals surface area contributed by atoms with Gasteiger partial charge in [0.2, 0.25) is 5.91 Å². The molecule has 0 N–H and O–H groups in total. The molecule has 4 atom stereocenters. The number of likely N-dealkylation sites (tertiary alicyclic amines) is 1. The summed E-state index contributed by atoms with van der Waals surface area (Å²) < 4.78 is 5.48. The number of ether oxygens (including phenoxy) is 1. The van der Waals surface area contributed by atoms with Gasteiger partial charge in [-0.1, -0.05) is 39.0 Å². The molecule has 0 bridgehead atoms. The van der Waals surface area contributed by atoms with E-state index in [1.807, 2.05) is 0 Å². The number of amides is 1. The van der Waals surface area contributed by atoms with Gasteiger partial charge in [0.05, 0.1) is 13.2 Å². The average molecular weight is 320 g/mol. The van der Waals surface area contributed by atoms with Gasteiger partial charge in [-0.05, 0) is 24.2 Å². The van der Waals surface area contributed by atoms with Crippen LogP contribution in [0.15, 0.2) is 0 Å². The van der Waals surface area contributed by atoms with Crippen molar-refractivity contribution in [2.45, 2.75) is 51.5 Å². The lowest BCUT2D eigenvalue weighted by atomic mass is 9.85. The third kappa shape index (κ3) is 3.30. The first kappa shape index (κ1) is 15.9. The predicted molar refractivity (Wildman–Crippen MR) is 90.1 cm³/mol. The summed E-state index contributed by atoms with van der Waals surface area (Å²) in [5, 5.41) is 0. The highest BCUT2D eigenvalue weighted by molar-refractivity contribution is 5.82.